The maximum atomic E-state index is 11.5. The van der Waals surface area contributed by atoms with Gasteiger partial charge in [-0.2, -0.15) is 0 Å². The van der Waals surface area contributed by atoms with Crippen molar-refractivity contribution in [2.24, 2.45) is 0 Å². The van der Waals surface area contributed by atoms with Crippen LogP contribution in [0.4, 0.5) is 0 Å². The van der Waals surface area contributed by atoms with Gasteiger partial charge in [0.15, 0.2) is 0 Å². The summed E-state index contributed by atoms with van der Waals surface area (Å²) in [6.45, 7) is 1.54. The van der Waals surface area contributed by atoms with Gasteiger partial charge in [0.2, 0.25) is 11.8 Å². The fraction of sp³-hybridized carbons (Fsp3) is 0.429. The Balaban J connectivity index is 0.00000361. The molecule has 1 rings (SSSR count). The van der Waals surface area contributed by atoms with Crippen LogP contribution < -0.4 is 16.0 Å². The molecule has 0 aliphatic carbocycles. The summed E-state index contributed by atoms with van der Waals surface area (Å²) in [7, 11) is 1.80. The number of halogens is 1. The highest BCUT2D eigenvalue weighted by Crippen LogP contribution is 1.97. The van der Waals surface area contributed by atoms with Crippen LogP contribution in [-0.2, 0) is 16.1 Å². The van der Waals surface area contributed by atoms with Crippen LogP contribution in [0.2, 0.25) is 0 Å². The molecule has 0 atom stereocenters. The molecule has 1 aromatic carbocycles. The molecule has 0 spiro atoms. The fourth-order valence-corrected chi connectivity index (χ4v) is 1.53. The maximum Gasteiger partial charge on any atom is 0.222 e. The van der Waals surface area contributed by atoms with E-state index in [0.29, 0.717) is 32.5 Å². The van der Waals surface area contributed by atoms with Gasteiger partial charge in [0.05, 0.1) is 0 Å². The lowest BCUT2D eigenvalue weighted by Crippen LogP contribution is -2.31. The van der Waals surface area contributed by atoms with E-state index in [-0.39, 0.29) is 24.2 Å². The molecule has 0 fully saturated rings. The van der Waals surface area contributed by atoms with E-state index in [1.165, 1.54) is 0 Å². The van der Waals surface area contributed by atoms with Crippen LogP contribution in [0.1, 0.15) is 18.4 Å². The highest BCUT2D eigenvalue weighted by molar-refractivity contribution is 5.85. The van der Waals surface area contributed by atoms with E-state index in [9.17, 15) is 9.59 Å². The lowest BCUT2D eigenvalue weighted by atomic mass is 10.2. The van der Waals surface area contributed by atoms with Crippen molar-refractivity contribution in [1.29, 1.82) is 0 Å². The van der Waals surface area contributed by atoms with Gasteiger partial charge in [-0.05, 0) is 12.6 Å². The summed E-state index contributed by atoms with van der Waals surface area (Å²) in [5.41, 5.74) is 1.06. The summed E-state index contributed by atoms with van der Waals surface area (Å²) in [6.07, 6.45) is 0.736. The zero-order valence-corrected chi connectivity index (χ0v) is 12.5. The Morgan fingerprint density at radius 3 is 2.20 bits per heavy atom. The van der Waals surface area contributed by atoms with E-state index in [4.69, 9.17) is 0 Å². The molecule has 0 bridgehead atoms. The second-order valence-corrected chi connectivity index (χ2v) is 4.22. The third kappa shape index (κ3) is 8.50. The lowest BCUT2D eigenvalue weighted by Gasteiger charge is -2.06. The second-order valence-electron chi connectivity index (χ2n) is 4.22. The summed E-state index contributed by atoms with van der Waals surface area (Å²) < 4.78 is 0. The first-order chi connectivity index (χ1) is 9.22. The number of rotatable bonds is 8. The first kappa shape index (κ1) is 18.4. The normalized spacial score (nSPS) is 9.45. The van der Waals surface area contributed by atoms with Crippen LogP contribution in [0.15, 0.2) is 30.3 Å². The molecule has 3 N–H and O–H groups in total. The standard InChI is InChI=1S/C14H21N3O2.ClH/c1-15-9-7-13(18)16-10-8-14(19)17-11-12-5-3-2-4-6-12;/h2-6,15H,7-11H2,1H3,(H,16,18)(H,17,19);1H. The second kappa shape index (κ2) is 11.3. The zero-order valence-electron chi connectivity index (χ0n) is 11.6. The van der Waals surface area contributed by atoms with E-state index in [0.717, 1.165) is 5.56 Å². The molecule has 2 amide bonds. The van der Waals surface area contributed by atoms with E-state index in [1.807, 2.05) is 30.3 Å². The average molecular weight is 300 g/mol. The fourth-order valence-electron chi connectivity index (χ4n) is 1.53. The molecule has 0 radical (unpaired) electrons. The van der Waals surface area contributed by atoms with Crippen molar-refractivity contribution in [2.75, 3.05) is 20.1 Å². The van der Waals surface area contributed by atoms with Crippen LogP contribution in [0, 0.1) is 0 Å². The average Bonchev–Trinajstić information content (AvgIpc) is 2.44. The van der Waals surface area contributed by atoms with Gasteiger partial charge in [-0.1, -0.05) is 30.3 Å². The summed E-state index contributed by atoms with van der Waals surface area (Å²) in [4.78, 5) is 22.8. The molecule has 6 heteroatoms. The largest absolute Gasteiger partial charge is 0.356 e. The third-order valence-electron chi connectivity index (χ3n) is 2.61. The summed E-state index contributed by atoms with van der Waals surface area (Å²) in [6, 6.07) is 9.72. The Bertz CT molecular complexity index is 399. The van der Waals surface area contributed by atoms with Crippen molar-refractivity contribution in [3.8, 4) is 0 Å². The number of carbonyl (C=O) groups is 2. The van der Waals surface area contributed by atoms with Gasteiger partial charge in [0.25, 0.3) is 0 Å². The molecule has 0 aliphatic heterocycles. The van der Waals surface area contributed by atoms with E-state index >= 15 is 0 Å². The highest BCUT2D eigenvalue weighted by Gasteiger charge is 2.03. The molecule has 0 aliphatic rings. The number of hydrogen-bond donors (Lipinski definition) is 3. The van der Waals surface area contributed by atoms with Crippen LogP contribution in [0.5, 0.6) is 0 Å². The molecular formula is C14H22ClN3O2. The first-order valence-electron chi connectivity index (χ1n) is 6.44. The summed E-state index contributed by atoms with van der Waals surface area (Å²) in [5, 5.41) is 8.42. The molecular weight excluding hydrogens is 278 g/mol. The molecule has 5 nitrogen and oxygen atoms in total. The maximum absolute atomic E-state index is 11.5. The number of amides is 2. The number of nitrogens with one attached hydrogen (secondary N) is 3. The predicted molar refractivity (Wildman–Crippen MR) is 81.7 cm³/mol. The Morgan fingerprint density at radius 2 is 1.55 bits per heavy atom. The van der Waals surface area contributed by atoms with Crippen molar-refractivity contribution in [3.05, 3.63) is 35.9 Å². The smallest absolute Gasteiger partial charge is 0.222 e. The molecule has 1 aromatic rings. The van der Waals surface area contributed by atoms with E-state index in [2.05, 4.69) is 16.0 Å². The molecule has 0 unspecified atom stereocenters. The first-order valence-corrected chi connectivity index (χ1v) is 6.44. The van der Waals surface area contributed by atoms with Crippen LogP contribution in [-0.4, -0.2) is 32.0 Å². The number of carbonyl (C=O) groups excluding carboxylic acids is 2. The molecule has 0 heterocycles. The van der Waals surface area contributed by atoms with E-state index in [1.54, 1.807) is 7.05 Å². The molecule has 112 valence electrons. The van der Waals surface area contributed by atoms with Crippen molar-refractivity contribution in [2.45, 2.75) is 19.4 Å². The molecule has 0 aromatic heterocycles. The van der Waals surface area contributed by atoms with Gasteiger partial charge in [-0.3, -0.25) is 9.59 Å². The topological polar surface area (TPSA) is 70.2 Å². The van der Waals surface area contributed by atoms with Crippen molar-refractivity contribution >= 4 is 24.2 Å². The van der Waals surface area contributed by atoms with Crippen molar-refractivity contribution in [3.63, 3.8) is 0 Å². The minimum Gasteiger partial charge on any atom is -0.356 e. The predicted octanol–water partition coefficient (Wildman–Crippen LogP) is 0.840. The highest BCUT2D eigenvalue weighted by atomic mass is 35.5. The summed E-state index contributed by atoms with van der Waals surface area (Å²) >= 11 is 0. The van der Waals surface area contributed by atoms with Gasteiger partial charge in [0, 0.05) is 32.5 Å². The van der Waals surface area contributed by atoms with Gasteiger partial charge < -0.3 is 16.0 Å². The van der Waals surface area contributed by atoms with Crippen LogP contribution in [0.3, 0.4) is 0 Å². The van der Waals surface area contributed by atoms with Gasteiger partial charge in [-0.25, -0.2) is 0 Å². The molecule has 0 saturated heterocycles. The van der Waals surface area contributed by atoms with Gasteiger partial charge in [-0.15, -0.1) is 12.4 Å². The third-order valence-corrected chi connectivity index (χ3v) is 2.61. The van der Waals surface area contributed by atoms with Crippen molar-refractivity contribution in [1.82, 2.24) is 16.0 Å². The summed E-state index contributed by atoms with van der Waals surface area (Å²) in [5.74, 6) is -0.0945. The Morgan fingerprint density at radius 1 is 0.950 bits per heavy atom. The van der Waals surface area contributed by atoms with Crippen molar-refractivity contribution < 1.29 is 9.59 Å². The minimum absolute atomic E-state index is 0. The Labute approximate surface area is 125 Å². The van der Waals surface area contributed by atoms with Gasteiger partial charge >= 0.3 is 0 Å². The van der Waals surface area contributed by atoms with Gasteiger partial charge in [0.1, 0.15) is 0 Å². The zero-order chi connectivity index (χ0) is 13.9. The Kier molecular flexibility index (Phi) is 10.4. The number of benzene rings is 1. The van der Waals surface area contributed by atoms with Crippen LogP contribution >= 0.6 is 12.4 Å². The van der Waals surface area contributed by atoms with Crippen LogP contribution in [0.25, 0.3) is 0 Å². The monoisotopic (exact) mass is 299 g/mol. The SMILES string of the molecule is CNCCC(=O)NCCC(=O)NCc1ccccc1.Cl. The quantitative estimate of drug-likeness (QED) is 0.666. The van der Waals surface area contributed by atoms with E-state index < -0.39 is 0 Å². The lowest BCUT2D eigenvalue weighted by molar-refractivity contribution is -0.122. The minimum atomic E-state index is -0.0576. The Hall–Kier alpha value is -1.59. The molecule has 20 heavy (non-hydrogen) atoms. The number of hydrogen-bond acceptors (Lipinski definition) is 3. The molecule has 0 saturated carbocycles.